The molecule has 1 fully saturated rings. The SMILES string of the molecule is CC(C)=CCCC(C)OC(=O)CN1CCCCC1. The fraction of sp³-hybridized carbons (Fsp3) is 0.800. The number of esters is 1. The molecule has 1 aliphatic rings. The number of likely N-dealkylation sites (tertiary alicyclic amines) is 1. The second kappa shape index (κ2) is 8.30. The molecule has 0 amide bonds. The summed E-state index contributed by atoms with van der Waals surface area (Å²) < 4.78 is 5.43. The van der Waals surface area contributed by atoms with Crippen molar-refractivity contribution in [3.63, 3.8) is 0 Å². The second-order valence-corrected chi connectivity index (χ2v) is 5.50. The fourth-order valence-corrected chi connectivity index (χ4v) is 2.23. The Labute approximate surface area is 111 Å². The molecule has 0 saturated carbocycles. The highest BCUT2D eigenvalue weighted by atomic mass is 16.5. The molecule has 1 heterocycles. The van der Waals surface area contributed by atoms with E-state index in [4.69, 9.17) is 4.74 Å². The van der Waals surface area contributed by atoms with Gasteiger partial charge in [-0.2, -0.15) is 0 Å². The van der Waals surface area contributed by atoms with E-state index in [9.17, 15) is 4.79 Å². The number of allylic oxidation sites excluding steroid dienone is 2. The third-order valence-corrected chi connectivity index (χ3v) is 3.26. The average molecular weight is 253 g/mol. The van der Waals surface area contributed by atoms with E-state index in [1.54, 1.807) is 0 Å². The van der Waals surface area contributed by atoms with Gasteiger partial charge in [0.1, 0.15) is 0 Å². The topological polar surface area (TPSA) is 29.5 Å². The maximum atomic E-state index is 11.7. The quantitative estimate of drug-likeness (QED) is 0.538. The Kier molecular flexibility index (Phi) is 7.02. The maximum absolute atomic E-state index is 11.7. The fourth-order valence-electron chi connectivity index (χ4n) is 2.23. The molecule has 1 atom stereocenters. The van der Waals surface area contributed by atoms with Gasteiger partial charge in [0.25, 0.3) is 0 Å². The van der Waals surface area contributed by atoms with E-state index in [0.29, 0.717) is 6.54 Å². The Bertz CT molecular complexity index is 276. The van der Waals surface area contributed by atoms with Crippen LogP contribution in [0.5, 0.6) is 0 Å². The lowest BCUT2D eigenvalue weighted by molar-refractivity contribution is -0.150. The largest absolute Gasteiger partial charge is 0.462 e. The summed E-state index contributed by atoms with van der Waals surface area (Å²) in [7, 11) is 0. The zero-order chi connectivity index (χ0) is 13.4. The molecule has 0 spiro atoms. The van der Waals surface area contributed by atoms with Gasteiger partial charge in [-0.15, -0.1) is 0 Å². The van der Waals surface area contributed by atoms with Gasteiger partial charge in [-0.25, -0.2) is 0 Å². The molecule has 104 valence electrons. The molecule has 0 aromatic heterocycles. The van der Waals surface area contributed by atoms with Gasteiger partial charge >= 0.3 is 5.97 Å². The molecular formula is C15H27NO2. The van der Waals surface area contributed by atoms with Crippen LogP contribution < -0.4 is 0 Å². The second-order valence-electron chi connectivity index (χ2n) is 5.50. The Hall–Kier alpha value is -0.830. The highest BCUT2D eigenvalue weighted by Gasteiger charge is 2.16. The van der Waals surface area contributed by atoms with Gasteiger partial charge in [-0.05, 0) is 59.5 Å². The van der Waals surface area contributed by atoms with Crippen LogP contribution in [0, 0.1) is 0 Å². The summed E-state index contributed by atoms with van der Waals surface area (Å²) in [5.74, 6) is -0.0680. The van der Waals surface area contributed by atoms with E-state index >= 15 is 0 Å². The predicted octanol–water partition coefficient (Wildman–Crippen LogP) is 3.15. The summed E-state index contributed by atoms with van der Waals surface area (Å²) in [4.78, 5) is 13.9. The first-order chi connectivity index (χ1) is 8.58. The van der Waals surface area contributed by atoms with Crippen LogP contribution in [0.25, 0.3) is 0 Å². The summed E-state index contributed by atoms with van der Waals surface area (Å²) >= 11 is 0. The number of piperidine rings is 1. The van der Waals surface area contributed by atoms with Crippen molar-refractivity contribution in [2.24, 2.45) is 0 Å². The van der Waals surface area contributed by atoms with E-state index in [-0.39, 0.29) is 12.1 Å². The van der Waals surface area contributed by atoms with Gasteiger partial charge in [-0.1, -0.05) is 18.1 Å². The Morgan fingerprint density at radius 3 is 2.56 bits per heavy atom. The monoisotopic (exact) mass is 253 g/mol. The van der Waals surface area contributed by atoms with Crippen molar-refractivity contribution < 1.29 is 9.53 Å². The third kappa shape index (κ3) is 6.80. The molecule has 1 aliphatic heterocycles. The molecule has 1 saturated heterocycles. The van der Waals surface area contributed by atoms with E-state index in [1.807, 2.05) is 6.92 Å². The number of ether oxygens (including phenoxy) is 1. The predicted molar refractivity (Wildman–Crippen MR) is 74.5 cm³/mol. The number of carbonyl (C=O) groups is 1. The molecule has 18 heavy (non-hydrogen) atoms. The van der Waals surface area contributed by atoms with Gasteiger partial charge < -0.3 is 4.74 Å². The molecule has 0 bridgehead atoms. The van der Waals surface area contributed by atoms with Gasteiger partial charge in [0.05, 0.1) is 12.6 Å². The normalized spacial score (nSPS) is 18.2. The lowest BCUT2D eigenvalue weighted by Crippen LogP contribution is -2.36. The lowest BCUT2D eigenvalue weighted by atomic mass is 10.1. The van der Waals surface area contributed by atoms with Crippen LogP contribution in [0.2, 0.25) is 0 Å². The smallest absolute Gasteiger partial charge is 0.320 e. The highest BCUT2D eigenvalue weighted by Crippen LogP contribution is 2.09. The molecule has 0 radical (unpaired) electrons. The molecule has 1 rings (SSSR count). The number of nitrogens with zero attached hydrogens (tertiary/aromatic N) is 1. The van der Waals surface area contributed by atoms with E-state index in [0.717, 1.165) is 25.9 Å². The first kappa shape index (κ1) is 15.2. The van der Waals surface area contributed by atoms with Crippen molar-refractivity contribution in [3.05, 3.63) is 11.6 Å². The third-order valence-electron chi connectivity index (χ3n) is 3.26. The molecule has 0 N–H and O–H groups in total. The van der Waals surface area contributed by atoms with E-state index < -0.39 is 0 Å². The summed E-state index contributed by atoms with van der Waals surface area (Å²) in [6, 6.07) is 0. The Balaban J connectivity index is 2.16. The minimum absolute atomic E-state index is 0.0258. The summed E-state index contributed by atoms with van der Waals surface area (Å²) in [6.07, 6.45) is 7.84. The van der Waals surface area contributed by atoms with Crippen molar-refractivity contribution in [2.45, 2.75) is 59.0 Å². The van der Waals surface area contributed by atoms with Crippen molar-refractivity contribution in [3.8, 4) is 0 Å². The van der Waals surface area contributed by atoms with Crippen LogP contribution >= 0.6 is 0 Å². The first-order valence-corrected chi connectivity index (χ1v) is 7.13. The number of carbonyl (C=O) groups excluding carboxylic acids is 1. The van der Waals surface area contributed by atoms with Crippen molar-refractivity contribution in [1.82, 2.24) is 4.90 Å². The van der Waals surface area contributed by atoms with Crippen LogP contribution in [0.15, 0.2) is 11.6 Å². The molecule has 3 heteroatoms. The molecular weight excluding hydrogens is 226 g/mol. The lowest BCUT2D eigenvalue weighted by Gasteiger charge is -2.25. The van der Waals surface area contributed by atoms with E-state index in [2.05, 4.69) is 24.8 Å². The van der Waals surface area contributed by atoms with Crippen molar-refractivity contribution in [1.29, 1.82) is 0 Å². The van der Waals surface area contributed by atoms with Crippen LogP contribution in [0.4, 0.5) is 0 Å². The van der Waals surface area contributed by atoms with Crippen LogP contribution in [-0.4, -0.2) is 36.6 Å². The molecule has 1 unspecified atom stereocenters. The van der Waals surface area contributed by atoms with Crippen LogP contribution in [0.1, 0.15) is 52.9 Å². The standard InChI is InChI=1S/C15H27NO2/c1-13(2)8-7-9-14(3)18-15(17)12-16-10-5-4-6-11-16/h8,14H,4-7,9-12H2,1-3H3. The summed E-state index contributed by atoms with van der Waals surface area (Å²) in [5, 5.41) is 0. The zero-order valence-electron chi connectivity index (χ0n) is 12.1. The first-order valence-electron chi connectivity index (χ1n) is 7.13. The molecule has 0 aliphatic carbocycles. The van der Waals surface area contributed by atoms with Crippen LogP contribution in [-0.2, 0) is 9.53 Å². The highest BCUT2D eigenvalue weighted by molar-refractivity contribution is 5.71. The average Bonchev–Trinajstić information content (AvgIpc) is 2.29. The number of hydrogen-bond acceptors (Lipinski definition) is 3. The van der Waals surface area contributed by atoms with E-state index in [1.165, 1.54) is 24.8 Å². The van der Waals surface area contributed by atoms with Crippen LogP contribution in [0.3, 0.4) is 0 Å². The van der Waals surface area contributed by atoms with Crippen molar-refractivity contribution >= 4 is 5.97 Å². The Morgan fingerprint density at radius 2 is 1.94 bits per heavy atom. The molecule has 0 aromatic carbocycles. The number of rotatable bonds is 6. The zero-order valence-corrected chi connectivity index (χ0v) is 12.1. The Morgan fingerprint density at radius 1 is 1.28 bits per heavy atom. The van der Waals surface area contributed by atoms with Gasteiger partial charge in [-0.3, -0.25) is 9.69 Å². The van der Waals surface area contributed by atoms with Gasteiger partial charge in [0.2, 0.25) is 0 Å². The minimum Gasteiger partial charge on any atom is -0.462 e. The molecule has 3 nitrogen and oxygen atoms in total. The maximum Gasteiger partial charge on any atom is 0.320 e. The summed E-state index contributed by atoms with van der Waals surface area (Å²) in [6.45, 7) is 8.71. The molecule has 0 aromatic rings. The van der Waals surface area contributed by atoms with Gasteiger partial charge in [0.15, 0.2) is 0 Å². The minimum atomic E-state index is -0.0680. The van der Waals surface area contributed by atoms with Crippen molar-refractivity contribution in [2.75, 3.05) is 19.6 Å². The summed E-state index contributed by atoms with van der Waals surface area (Å²) in [5.41, 5.74) is 1.32. The number of hydrogen-bond donors (Lipinski definition) is 0. The van der Waals surface area contributed by atoms with Gasteiger partial charge in [0, 0.05) is 0 Å².